The molecule has 0 nitrogen and oxygen atoms in total. The minimum atomic E-state index is -0.825. The lowest BCUT2D eigenvalue weighted by molar-refractivity contribution is 0.501. The first-order chi connectivity index (χ1) is 5.54. The standard InChI is InChI=1S/C9H9ClF2/c1-5-7(6(2)10)3-4-8(11)9(5)12/h3-4,6H,1-2H3. The summed E-state index contributed by atoms with van der Waals surface area (Å²) in [7, 11) is 0. The van der Waals surface area contributed by atoms with Crippen molar-refractivity contribution in [1.82, 2.24) is 0 Å². The first kappa shape index (κ1) is 9.46. The van der Waals surface area contributed by atoms with Crippen LogP contribution in [-0.2, 0) is 0 Å². The lowest BCUT2D eigenvalue weighted by Crippen LogP contribution is -1.96. The van der Waals surface area contributed by atoms with Crippen molar-refractivity contribution in [2.45, 2.75) is 19.2 Å². The topological polar surface area (TPSA) is 0 Å². The van der Waals surface area contributed by atoms with Crippen LogP contribution in [0.3, 0.4) is 0 Å². The third-order valence-corrected chi connectivity index (χ3v) is 2.04. The Hall–Kier alpha value is -0.630. The molecule has 1 rings (SSSR count). The van der Waals surface area contributed by atoms with Crippen LogP contribution in [0.15, 0.2) is 12.1 Å². The smallest absolute Gasteiger partial charge is 0.162 e. The molecule has 1 aromatic carbocycles. The first-order valence-electron chi connectivity index (χ1n) is 3.62. The van der Waals surface area contributed by atoms with Gasteiger partial charge in [-0.3, -0.25) is 0 Å². The fourth-order valence-electron chi connectivity index (χ4n) is 1.10. The van der Waals surface area contributed by atoms with Crippen LogP contribution in [0.1, 0.15) is 23.4 Å². The molecule has 0 aliphatic carbocycles. The summed E-state index contributed by atoms with van der Waals surface area (Å²) in [4.78, 5) is 0. The second-order valence-corrected chi connectivity index (χ2v) is 3.35. The summed E-state index contributed by atoms with van der Waals surface area (Å²) in [6.07, 6.45) is 0. The van der Waals surface area contributed by atoms with E-state index in [-0.39, 0.29) is 10.9 Å². The van der Waals surface area contributed by atoms with Gasteiger partial charge in [0.25, 0.3) is 0 Å². The van der Waals surface area contributed by atoms with Gasteiger partial charge in [0.15, 0.2) is 11.6 Å². The van der Waals surface area contributed by atoms with Crippen molar-refractivity contribution in [1.29, 1.82) is 0 Å². The Labute approximate surface area is 75.2 Å². The molecule has 0 N–H and O–H groups in total. The van der Waals surface area contributed by atoms with Crippen LogP contribution >= 0.6 is 11.6 Å². The maximum Gasteiger partial charge on any atom is 0.162 e. The van der Waals surface area contributed by atoms with Crippen molar-refractivity contribution in [3.63, 3.8) is 0 Å². The highest BCUT2D eigenvalue weighted by Crippen LogP contribution is 2.25. The van der Waals surface area contributed by atoms with E-state index in [9.17, 15) is 8.78 Å². The number of alkyl halides is 1. The Balaban J connectivity index is 3.27. The van der Waals surface area contributed by atoms with Gasteiger partial charge in [-0.05, 0) is 31.0 Å². The second-order valence-electron chi connectivity index (χ2n) is 2.69. The van der Waals surface area contributed by atoms with E-state index in [1.165, 1.54) is 13.0 Å². The van der Waals surface area contributed by atoms with Crippen LogP contribution < -0.4 is 0 Å². The number of benzene rings is 1. The Morgan fingerprint density at radius 3 is 2.42 bits per heavy atom. The van der Waals surface area contributed by atoms with Crippen molar-refractivity contribution in [3.8, 4) is 0 Å². The summed E-state index contributed by atoms with van der Waals surface area (Å²) < 4.78 is 25.5. The molecule has 0 spiro atoms. The van der Waals surface area contributed by atoms with Crippen LogP contribution in [-0.4, -0.2) is 0 Å². The second kappa shape index (κ2) is 3.40. The third-order valence-electron chi connectivity index (χ3n) is 1.81. The Morgan fingerprint density at radius 2 is 1.92 bits per heavy atom. The van der Waals surface area contributed by atoms with Gasteiger partial charge in [0, 0.05) is 0 Å². The van der Waals surface area contributed by atoms with E-state index in [4.69, 9.17) is 11.6 Å². The Morgan fingerprint density at radius 1 is 1.33 bits per heavy atom. The van der Waals surface area contributed by atoms with Gasteiger partial charge in [-0.25, -0.2) is 8.78 Å². The van der Waals surface area contributed by atoms with Crippen molar-refractivity contribution in [2.75, 3.05) is 0 Å². The van der Waals surface area contributed by atoms with Gasteiger partial charge in [-0.15, -0.1) is 11.6 Å². The van der Waals surface area contributed by atoms with E-state index in [0.29, 0.717) is 5.56 Å². The highest BCUT2D eigenvalue weighted by atomic mass is 35.5. The molecule has 0 aliphatic heterocycles. The van der Waals surface area contributed by atoms with Gasteiger partial charge < -0.3 is 0 Å². The fraction of sp³-hybridized carbons (Fsp3) is 0.333. The molecule has 3 heteroatoms. The normalized spacial score (nSPS) is 13.1. The molecular formula is C9H9ClF2. The van der Waals surface area contributed by atoms with Crippen molar-refractivity contribution in [3.05, 3.63) is 34.9 Å². The SMILES string of the molecule is Cc1c(C(C)Cl)ccc(F)c1F. The molecular weight excluding hydrogens is 182 g/mol. The van der Waals surface area contributed by atoms with E-state index >= 15 is 0 Å². The molecule has 0 aromatic heterocycles. The fourth-order valence-corrected chi connectivity index (χ4v) is 1.33. The number of halogens is 3. The molecule has 0 saturated heterocycles. The zero-order valence-corrected chi connectivity index (χ0v) is 7.62. The zero-order chi connectivity index (χ0) is 9.30. The first-order valence-corrected chi connectivity index (χ1v) is 4.06. The molecule has 1 atom stereocenters. The van der Waals surface area contributed by atoms with Gasteiger partial charge in [-0.1, -0.05) is 6.07 Å². The van der Waals surface area contributed by atoms with E-state index in [0.717, 1.165) is 6.07 Å². The van der Waals surface area contributed by atoms with Gasteiger partial charge in [0.05, 0.1) is 5.38 Å². The highest BCUT2D eigenvalue weighted by Gasteiger charge is 2.12. The average molecular weight is 191 g/mol. The number of hydrogen-bond acceptors (Lipinski definition) is 0. The molecule has 12 heavy (non-hydrogen) atoms. The lowest BCUT2D eigenvalue weighted by Gasteiger charge is -2.08. The molecule has 0 saturated carbocycles. The molecule has 0 aliphatic rings. The monoisotopic (exact) mass is 190 g/mol. The molecule has 0 heterocycles. The summed E-state index contributed by atoms with van der Waals surface area (Å²) in [5, 5.41) is -0.292. The van der Waals surface area contributed by atoms with Gasteiger partial charge >= 0.3 is 0 Å². The Kier molecular flexibility index (Phi) is 2.68. The van der Waals surface area contributed by atoms with Crippen molar-refractivity contribution >= 4 is 11.6 Å². The summed E-state index contributed by atoms with van der Waals surface area (Å²) in [5.41, 5.74) is 0.924. The minimum absolute atomic E-state index is 0.289. The molecule has 1 aromatic rings. The molecule has 0 radical (unpaired) electrons. The van der Waals surface area contributed by atoms with E-state index in [1.54, 1.807) is 6.92 Å². The Bertz CT molecular complexity index is 295. The van der Waals surface area contributed by atoms with Crippen molar-refractivity contribution in [2.24, 2.45) is 0 Å². The molecule has 0 fully saturated rings. The predicted octanol–water partition coefficient (Wildman–Crippen LogP) is 3.57. The summed E-state index contributed by atoms with van der Waals surface area (Å²) in [6.45, 7) is 3.24. The maximum atomic E-state index is 12.9. The molecule has 0 amide bonds. The molecule has 66 valence electrons. The van der Waals surface area contributed by atoms with Crippen LogP contribution in [0.25, 0.3) is 0 Å². The molecule has 0 bridgehead atoms. The number of rotatable bonds is 1. The van der Waals surface area contributed by atoms with Crippen molar-refractivity contribution < 1.29 is 8.78 Å². The van der Waals surface area contributed by atoms with Gasteiger partial charge in [0.1, 0.15) is 0 Å². The quantitative estimate of drug-likeness (QED) is 0.594. The zero-order valence-electron chi connectivity index (χ0n) is 6.87. The number of hydrogen-bond donors (Lipinski definition) is 0. The molecule has 1 unspecified atom stereocenters. The largest absolute Gasteiger partial charge is 0.204 e. The van der Waals surface area contributed by atoms with Crippen LogP contribution in [0, 0.1) is 18.6 Å². The predicted molar refractivity (Wildman–Crippen MR) is 45.4 cm³/mol. The summed E-state index contributed by atoms with van der Waals surface area (Å²) >= 11 is 5.74. The van der Waals surface area contributed by atoms with E-state index in [1.807, 2.05) is 0 Å². The van der Waals surface area contributed by atoms with Gasteiger partial charge in [-0.2, -0.15) is 0 Å². The van der Waals surface area contributed by atoms with Crippen LogP contribution in [0.4, 0.5) is 8.78 Å². The van der Waals surface area contributed by atoms with Crippen LogP contribution in [0.5, 0.6) is 0 Å². The van der Waals surface area contributed by atoms with Crippen LogP contribution in [0.2, 0.25) is 0 Å². The summed E-state index contributed by atoms with van der Waals surface area (Å²) in [5.74, 6) is -1.63. The average Bonchev–Trinajstić information content (AvgIpc) is 2.00. The maximum absolute atomic E-state index is 12.9. The van der Waals surface area contributed by atoms with E-state index in [2.05, 4.69) is 0 Å². The minimum Gasteiger partial charge on any atom is -0.204 e. The summed E-state index contributed by atoms with van der Waals surface area (Å²) in [6, 6.07) is 2.60. The lowest BCUT2D eigenvalue weighted by atomic mass is 10.1. The van der Waals surface area contributed by atoms with Gasteiger partial charge in [0.2, 0.25) is 0 Å². The van der Waals surface area contributed by atoms with E-state index < -0.39 is 11.6 Å². The highest BCUT2D eigenvalue weighted by molar-refractivity contribution is 6.20. The third kappa shape index (κ3) is 1.58.